The van der Waals surface area contributed by atoms with E-state index in [0.717, 1.165) is 17.8 Å². The highest BCUT2D eigenvalue weighted by atomic mass is 14.5. The third-order valence-corrected chi connectivity index (χ3v) is 7.90. The van der Waals surface area contributed by atoms with Crippen molar-refractivity contribution in [1.29, 1.82) is 0 Å². The SMILES string of the molecule is BC(B)(C1CCC2CCC(C2)C1)C(C)(CCC)CCCCC. The summed E-state index contributed by atoms with van der Waals surface area (Å²) in [5.41, 5.74) is 0.547. The summed E-state index contributed by atoms with van der Waals surface area (Å²) in [6, 6.07) is 0. The minimum absolute atomic E-state index is 0.515. The van der Waals surface area contributed by atoms with Gasteiger partial charge in [0, 0.05) is 0 Å². The zero-order valence-electron chi connectivity index (χ0n) is 16.2. The van der Waals surface area contributed by atoms with Gasteiger partial charge >= 0.3 is 0 Å². The first-order valence-electron chi connectivity index (χ1n) is 10.4. The van der Waals surface area contributed by atoms with Crippen LogP contribution in [0.5, 0.6) is 0 Å². The summed E-state index contributed by atoms with van der Waals surface area (Å²) in [5, 5.41) is 0.515. The highest BCUT2D eigenvalue weighted by molar-refractivity contribution is 6.40. The van der Waals surface area contributed by atoms with Crippen molar-refractivity contribution in [2.24, 2.45) is 23.2 Å². The summed E-state index contributed by atoms with van der Waals surface area (Å²) < 4.78 is 0. The molecule has 0 aromatic carbocycles. The van der Waals surface area contributed by atoms with Crippen LogP contribution in [0.1, 0.15) is 97.8 Å². The van der Waals surface area contributed by atoms with Gasteiger partial charge < -0.3 is 0 Å². The Bertz CT molecular complexity index is 339. The van der Waals surface area contributed by atoms with Crippen molar-refractivity contribution in [3.8, 4) is 0 Å². The standard InChI is InChI=1S/C20H40B2/c1-4-6-7-13-19(3,12-5-2)20(21,22)18-11-10-16-8-9-17(14-16)15-18/h16-18H,4-15,21-22H2,1-3H3. The van der Waals surface area contributed by atoms with Crippen LogP contribution in [0.2, 0.25) is 5.21 Å². The van der Waals surface area contributed by atoms with Gasteiger partial charge in [0.15, 0.2) is 0 Å². The Morgan fingerprint density at radius 1 is 0.818 bits per heavy atom. The first-order valence-corrected chi connectivity index (χ1v) is 10.4. The molecule has 4 unspecified atom stereocenters. The molecule has 2 fully saturated rings. The van der Waals surface area contributed by atoms with Crippen LogP contribution in [0.3, 0.4) is 0 Å². The van der Waals surface area contributed by atoms with Crippen LogP contribution in [0.4, 0.5) is 0 Å². The molecule has 2 aliphatic carbocycles. The highest BCUT2D eigenvalue weighted by Gasteiger charge is 2.46. The largest absolute Gasteiger partial charge is 0.100 e. The lowest BCUT2D eigenvalue weighted by molar-refractivity contribution is 0.147. The first kappa shape index (κ1) is 18.5. The molecule has 2 saturated carbocycles. The average molecular weight is 302 g/mol. The molecule has 22 heavy (non-hydrogen) atoms. The summed E-state index contributed by atoms with van der Waals surface area (Å²) >= 11 is 0. The van der Waals surface area contributed by atoms with E-state index in [0.29, 0.717) is 10.6 Å². The molecule has 2 aliphatic rings. The average Bonchev–Trinajstić information content (AvgIpc) is 2.78. The summed E-state index contributed by atoms with van der Waals surface area (Å²) in [4.78, 5) is 0. The molecule has 0 aliphatic heterocycles. The second-order valence-electron chi connectivity index (χ2n) is 9.54. The van der Waals surface area contributed by atoms with Crippen LogP contribution in [0.15, 0.2) is 0 Å². The first-order chi connectivity index (χ1) is 10.4. The topological polar surface area (TPSA) is 0 Å². The van der Waals surface area contributed by atoms with Crippen molar-refractivity contribution in [2.45, 2.75) is 103 Å². The normalized spacial score (nSPS) is 31.7. The monoisotopic (exact) mass is 302 g/mol. The molecule has 0 radical (unpaired) electrons. The second-order valence-corrected chi connectivity index (χ2v) is 9.54. The quantitative estimate of drug-likeness (QED) is 0.438. The molecule has 4 atom stereocenters. The zero-order chi connectivity index (χ0) is 16.2. The summed E-state index contributed by atoms with van der Waals surface area (Å²) in [6.45, 7) is 7.36. The number of hydrogen-bond donors (Lipinski definition) is 0. The summed E-state index contributed by atoms with van der Waals surface area (Å²) in [5.74, 6) is 3.13. The van der Waals surface area contributed by atoms with Crippen molar-refractivity contribution in [3.63, 3.8) is 0 Å². The molecule has 126 valence electrons. The van der Waals surface area contributed by atoms with Crippen LogP contribution in [0.25, 0.3) is 0 Å². The van der Waals surface area contributed by atoms with Gasteiger partial charge in [0.05, 0.1) is 0 Å². The van der Waals surface area contributed by atoms with Gasteiger partial charge in [-0.2, -0.15) is 0 Å². The van der Waals surface area contributed by atoms with E-state index in [1.54, 1.807) is 12.8 Å². The van der Waals surface area contributed by atoms with Crippen molar-refractivity contribution < 1.29 is 0 Å². The third kappa shape index (κ3) is 3.96. The van der Waals surface area contributed by atoms with Gasteiger partial charge in [-0.3, -0.25) is 0 Å². The minimum atomic E-state index is 0.515. The van der Waals surface area contributed by atoms with Crippen LogP contribution >= 0.6 is 0 Å². The Morgan fingerprint density at radius 2 is 1.50 bits per heavy atom. The van der Waals surface area contributed by atoms with Crippen molar-refractivity contribution in [2.75, 3.05) is 0 Å². The molecule has 0 nitrogen and oxygen atoms in total. The van der Waals surface area contributed by atoms with Gasteiger partial charge in [0.25, 0.3) is 0 Å². The molecule has 0 spiro atoms. The Balaban J connectivity index is 2.09. The van der Waals surface area contributed by atoms with E-state index in [1.807, 2.05) is 0 Å². The predicted octanol–water partition coefficient (Wildman–Crippen LogP) is 4.97. The Labute approximate surface area is 142 Å². The number of unbranched alkanes of at least 4 members (excludes halogenated alkanes) is 2. The Hall–Kier alpha value is 0.130. The molecule has 2 heteroatoms. The van der Waals surface area contributed by atoms with Crippen molar-refractivity contribution in [1.82, 2.24) is 0 Å². The molecular weight excluding hydrogens is 262 g/mol. The van der Waals surface area contributed by atoms with Crippen LogP contribution in [0, 0.1) is 23.2 Å². The molecule has 0 aromatic heterocycles. The van der Waals surface area contributed by atoms with E-state index in [4.69, 9.17) is 0 Å². The van der Waals surface area contributed by atoms with Crippen LogP contribution in [-0.2, 0) is 0 Å². The molecule has 2 bridgehead atoms. The molecule has 0 N–H and O–H groups in total. The molecule has 2 rings (SSSR count). The fourth-order valence-electron chi connectivity index (χ4n) is 5.85. The zero-order valence-corrected chi connectivity index (χ0v) is 16.2. The number of fused-ring (bicyclic) bond motifs is 2. The Kier molecular flexibility index (Phi) is 6.55. The van der Waals surface area contributed by atoms with E-state index in [1.165, 1.54) is 64.2 Å². The van der Waals surface area contributed by atoms with Gasteiger partial charge in [0.1, 0.15) is 15.7 Å². The Morgan fingerprint density at radius 3 is 2.18 bits per heavy atom. The smallest absolute Gasteiger partial charge is 0.0766 e. The van der Waals surface area contributed by atoms with Gasteiger partial charge in [-0.05, 0) is 48.9 Å². The second kappa shape index (κ2) is 7.80. The van der Waals surface area contributed by atoms with E-state index >= 15 is 0 Å². The molecule has 0 amide bonds. The van der Waals surface area contributed by atoms with Crippen LogP contribution < -0.4 is 0 Å². The van der Waals surface area contributed by atoms with Gasteiger partial charge in [-0.1, -0.05) is 77.4 Å². The lowest BCUT2D eigenvalue weighted by atomic mass is 9.35. The van der Waals surface area contributed by atoms with Crippen molar-refractivity contribution in [3.05, 3.63) is 0 Å². The van der Waals surface area contributed by atoms with E-state index in [-0.39, 0.29) is 0 Å². The lowest BCUT2D eigenvalue weighted by Crippen LogP contribution is -2.41. The summed E-state index contributed by atoms with van der Waals surface area (Å²) in [6.07, 6.45) is 17.7. The maximum Gasteiger partial charge on any atom is 0.100 e. The van der Waals surface area contributed by atoms with E-state index in [2.05, 4.69) is 36.5 Å². The van der Waals surface area contributed by atoms with E-state index in [9.17, 15) is 0 Å². The van der Waals surface area contributed by atoms with E-state index < -0.39 is 0 Å². The maximum absolute atomic E-state index is 2.64. The maximum atomic E-state index is 2.64. The number of rotatable bonds is 8. The number of hydrogen-bond acceptors (Lipinski definition) is 0. The third-order valence-electron chi connectivity index (χ3n) is 7.90. The molecule has 0 aromatic rings. The summed E-state index contributed by atoms with van der Waals surface area (Å²) in [7, 11) is 5.27. The fourth-order valence-corrected chi connectivity index (χ4v) is 5.85. The minimum Gasteiger partial charge on any atom is -0.0766 e. The molecular formula is C20H40B2. The van der Waals surface area contributed by atoms with Gasteiger partial charge in [0.2, 0.25) is 0 Å². The highest BCUT2D eigenvalue weighted by Crippen LogP contribution is 2.58. The lowest BCUT2D eigenvalue weighted by Gasteiger charge is -2.51. The predicted molar refractivity (Wildman–Crippen MR) is 105 cm³/mol. The fraction of sp³-hybridized carbons (Fsp3) is 1.00. The van der Waals surface area contributed by atoms with Crippen LogP contribution in [-0.4, -0.2) is 15.7 Å². The molecule has 0 heterocycles. The molecule has 0 saturated heterocycles. The van der Waals surface area contributed by atoms with Gasteiger partial charge in [-0.15, -0.1) is 0 Å². The van der Waals surface area contributed by atoms with Crippen molar-refractivity contribution >= 4 is 15.7 Å². The van der Waals surface area contributed by atoms with Gasteiger partial charge in [-0.25, -0.2) is 0 Å².